The zero-order valence-electron chi connectivity index (χ0n) is 13.1. The van der Waals surface area contributed by atoms with Crippen molar-refractivity contribution in [2.75, 3.05) is 13.2 Å². The number of carbonyl (C=O) groups is 1. The van der Waals surface area contributed by atoms with E-state index in [1.54, 1.807) is 16.9 Å². The lowest BCUT2D eigenvalue weighted by atomic mass is 9.83. The minimum Gasteiger partial charge on any atom is -0.396 e. The van der Waals surface area contributed by atoms with Gasteiger partial charge >= 0.3 is 0 Å². The predicted molar refractivity (Wildman–Crippen MR) is 86.0 cm³/mol. The van der Waals surface area contributed by atoms with Gasteiger partial charge in [-0.2, -0.15) is 5.10 Å². The SMILES string of the molecule is CCC(CC)(CO)CNC(=O)c1ccccc1-n1cccn1. The molecule has 0 bridgehead atoms. The van der Waals surface area contributed by atoms with E-state index in [-0.39, 0.29) is 17.9 Å². The van der Waals surface area contributed by atoms with Gasteiger partial charge in [0.2, 0.25) is 0 Å². The summed E-state index contributed by atoms with van der Waals surface area (Å²) in [5.74, 6) is -0.147. The van der Waals surface area contributed by atoms with E-state index in [0.29, 0.717) is 12.1 Å². The molecular formula is C17H23N3O2. The first kappa shape index (κ1) is 16.2. The van der Waals surface area contributed by atoms with Gasteiger partial charge in [0, 0.05) is 24.4 Å². The number of aromatic nitrogens is 2. The van der Waals surface area contributed by atoms with E-state index in [1.807, 2.05) is 44.3 Å². The summed E-state index contributed by atoms with van der Waals surface area (Å²) >= 11 is 0. The number of nitrogens with one attached hydrogen (secondary N) is 1. The molecule has 0 aliphatic carbocycles. The fourth-order valence-corrected chi connectivity index (χ4v) is 2.42. The molecule has 0 spiro atoms. The highest BCUT2D eigenvalue weighted by Gasteiger charge is 2.26. The molecule has 0 aliphatic rings. The van der Waals surface area contributed by atoms with Crippen molar-refractivity contribution in [1.82, 2.24) is 15.1 Å². The Morgan fingerprint density at radius 2 is 2.00 bits per heavy atom. The van der Waals surface area contributed by atoms with E-state index < -0.39 is 0 Å². The fourth-order valence-electron chi connectivity index (χ4n) is 2.42. The normalized spacial score (nSPS) is 11.4. The Morgan fingerprint density at radius 1 is 1.27 bits per heavy atom. The Hall–Kier alpha value is -2.14. The first-order valence-corrected chi connectivity index (χ1v) is 7.64. The predicted octanol–water partition coefficient (Wildman–Crippen LogP) is 2.40. The maximum Gasteiger partial charge on any atom is 0.253 e. The van der Waals surface area contributed by atoms with Crippen LogP contribution in [0, 0.1) is 5.41 Å². The van der Waals surface area contributed by atoms with Crippen molar-refractivity contribution in [2.45, 2.75) is 26.7 Å². The van der Waals surface area contributed by atoms with Crippen LogP contribution in [0.3, 0.4) is 0 Å². The number of aliphatic hydroxyl groups is 1. The summed E-state index contributed by atoms with van der Waals surface area (Å²) in [6.07, 6.45) is 5.13. The summed E-state index contributed by atoms with van der Waals surface area (Å²) in [6, 6.07) is 9.18. The van der Waals surface area contributed by atoms with Crippen molar-refractivity contribution in [3.8, 4) is 5.69 Å². The molecule has 0 atom stereocenters. The highest BCUT2D eigenvalue weighted by atomic mass is 16.3. The number of aliphatic hydroxyl groups excluding tert-OH is 1. The molecule has 5 nitrogen and oxygen atoms in total. The molecule has 1 heterocycles. The van der Waals surface area contributed by atoms with Crippen LogP contribution in [-0.4, -0.2) is 33.9 Å². The molecule has 1 amide bonds. The number of hydrogen-bond donors (Lipinski definition) is 2. The van der Waals surface area contributed by atoms with E-state index >= 15 is 0 Å². The van der Waals surface area contributed by atoms with Crippen LogP contribution in [0.2, 0.25) is 0 Å². The van der Waals surface area contributed by atoms with E-state index in [2.05, 4.69) is 10.4 Å². The quantitative estimate of drug-likeness (QED) is 0.825. The summed E-state index contributed by atoms with van der Waals surface area (Å²) in [4.78, 5) is 12.5. The maximum absolute atomic E-state index is 12.5. The third-order valence-corrected chi connectivity index (χ3v) is 4.36. The van der Waals surface area contributed by atoms with E-state index in [9.17, 15) is 9.90 Å². The second kappa shape index (κ2) is 7.22. The van der Waals surface area contributed by atoms with E-state index in [1.165, 1.54) is 0 Å². The minimum atomic E-state index is -0.254. The van der Waals surface area contributed by atoms with Crippen molar-refractivity contribution in [1.29, 1.82) is 0 Å². The molecule has 1 aromatic heterocycles. The van der Waals surface area contributed by atoms with Crippen molar-refractivity contribution < 1.29 is 9.90 Å². The third kappa shape index (κ3) is 3.36. The van der Waals surface area contributed by atoms with Gasteiger partial charge in [0.05, 0.1) is 17.9 Å². The topological polar surface area (TPSA) is 67.2 Å². The molecule has 22 heavy (non-hydrogen) atoms. The first-order chi connectivity index (χ1) is 10.7. The van der Waals surface area contributed by atoms with Gasteiger partial charge < -0.3 is 10.4 Å². The Labute approximate surface area is 131 Å². The molecular weight excluding hydrogens is 278 g/mol. The lowest BCUT2D eigenvalue weighted by Crippen LogP contribution is -2.39. The number of hydrogen-bond acceptors (Lipinski definition) is 3. The van der Waals surface area contributed by atoms with E-state index in [0.717, 1.165) is 18.5 Å². The summed E-state index contributed by atoms with van der Waals surface area (Å²) in [7, 11) is 0. The van der Waals surface area contributed by atoms with Crippen molar-refractivity contribution >= 4 is 5.91 Å². The molecule has 2 aromatic rings. The van der Waals surface area contributed by atoms with Crippen LogP contribution < -0.4 is 5.32 Å². The van der Waals surface area contributed by atoms with Gasteiger partial charge in [0.15, 0.2) is 0 Å². The minimum absolute atomic E-state index is 0.0705. The van der Waals surface area contributed by atoms with Gasteiger partial charge in [0.25, 0.3) is 5.91 Å². The van der Waals surface area contributed by atoms with Gasteiger partial charge in [-0.1, -0.05) is 26.0 Å². The number of benzene rings is 1. The molecule has 0 aliphatic heterocycles. The van der Waals surface area contributed by atoms with Crippen LogP contribution in [0.1, 0.15) is 37.0 Å². The summed E-state index contributed by atoms with van der Waals surface area (Å²) in [6.45, 7) is 4.59. The van der Waals surface area contributed by atoms with Crippen LogP contribution >= 0.6 is 0 Å². The molecule has 5 heteroatoms. The van der Waals surface area contributed by atoms with Crippen LogP contribution in [0.15, 0.2) is 42.7 Å². The fraction of sp³-hybridized carbons (Fsp3) is 0.412. The number of carbonyl (C=O) groups excluding carboxylic acids is 1. The third-order valence-electron chi connectivity index (χ3n) is 4.36. The van der Waals surface area contributed by atoms with Crippen molar-refractivity contribution in [2.24, 2.45) is 5.41 Å². The van der Waals surface area contributed by atoms with Crippen molar-refractivity contribution in [3.05, 3.63) is 48.3 Å². The number of para-hydroxylation sites is 1. The maximum atomic E-state index is 12.5. The molecule has 0 radical (unpaired) electrons. The Balaban J connectivity index is 2.17. The monoisotopic (exact) mass is 301 g/mol. The Bertz CT molecular complexity index is 596. The van der Waals surface area contributed by atoms with E-state index in [4.69, 9.17) is 0 Å². The van der Waals surface area contributed by atoms with Gasteiger partial charge in [-0.25, -0.2) is 4.68 Å². The smallest absolute Gasteiger partial charge is 0.253 e. The summed E-state index contributed by atoms with van der Waals surface area (Å²) in [5.41, 5.74) is 1.06. The van der Waals surface area contributed by atoms with Crippen molar-refractivity contribution in [3.63, 3.8) is 0 Å². The van der Waals surface area contributed by atoms with Gasteiger partial charge in [-0.15, -0.1) is 0 Å². The van der Waals surface area contributed by atoms with Crippen LogP contribution in [0.4, 0.5) is 0 Å². The van der Waals surface area contributed by atoms with Gasteiger partial charge in [-0.3, -0.25) is 4.79 Å². The van der Waals surface area contributed by atoms with Gasteiger partial charge in [0.1, 0.15) is 0 Å². The Morgan fingerprint density at radius 3 is 2.59 bits per heavy atom. The second-order valence-electron chi connectivity index (χ2n) is 5.52. The molecule has 0 saturated carbocycles. The first-order valence-electron chi connectivity index (χ1n) is 7.64. The molecule has 118 valence electrons. The van der Waals surface area contributed by atoms with Crippen LogP contribution in [0.5, 0.6) is 0 Å². The summed E-state index contributed by atoms with van der Waals surface area (Å²) in [5, 5.41) is 16.7. The number of nitrogens with zero attached hydrogens (tertiary/aromatic N) is 2. The lowest BCUT2D eigenvalue weighted by molar-refractivity contribution is 0.0851. The summed E-state index contributed by atoms with van der Waals surface area (Å²) < 4.78 is 1.67. The highest BCUT2D eigenvalue weighted by Crippen LogP contribution is 2.24. The average molecular weight is 301 g/mol. The molecule has 2 N–H and O–H groups in total. The molecule has 1 aromatic carbocycles. The van der Waals surface area contributed by atoms with Gasteiger partial charge in [-0.05, 0) is 31.0 Å². The molecule has 0 fully saturated rings. The largest absolute Gasteiger partial charge is 0.396 e. The standard InChI is InChI=1S/C17H23N3O2/c1-3-17(4-2,13-21)12-18-16(22)14-8-5-6-9-15(14)20-11-7-10-19-20/h5-11,21H,3-4,12-13H2,1-2H3,(H,18,22). The van der Waals surface area contributed by atoms with Crippen LogP contribution in [-0.2, 0) is 0 Å². The lowest BCUT2D eigenvalue weighted by Gasteiger charge is -2.29. The molecule has 2 rings (SSSR count). The Kier molecular flexibility index (Phi) is 5.33. The zero-order chi connectivity index (χ0) is 16.0. The average Bonchev–Trinajstić information content (AvgIpc) is 3.11. The second-order valence-corrected chi connectivity index (χ2v) is 5.52. The molecule has 0 unspecified atom stereocenters. The molecule has 0 saturated heterocycles. The highest BCUT2D eigenvalue weighted by molar-refractivity contribution is 5.97. The van der Waals surface area contributed by atoms with Crippen LogP contribution in [0.25, 0.3) is 5.69 Å². The zero-order valence-corrected chi connectivity index (χ0v) is 13.1. The number of rotatable bonds is 7. The number of amides is 1.